The van der Waals surface area contributed by atoms with Crippen molar-refractivity contribution >= 4 is 5.91 Å². The third kappa shape index (κ3) is 3.97. The number of rotatable bonds is 4. The van der Waals surface area contributed by atoms with Crippen molar-refractivity contribution in [1.82, 2.24) is 10.2 Å². The number of amides is 1. The normalized spacial score (nSPS) is 18.8. The molecule has 1 unspecified atom stereocenters. The number of carbonyl (C=O) groups is 1. The van der Waals surface area contributed by atoms with Crippen LogP contribution in [0.25, 0.3) is 0 Å². The lowest BCUT2D eigenvalue weighted by Gasteiger charge is -2.33. The van der Waals surface area contributed by atoms with Gasteiger partial charge in [-0.2, -0.15) is 0 Å². The predicted octanol–water partition coefficient (Wildman–Crippen LogP) is 2.69. The molecule has 116 valence electrons. The Morgan fingerprint density at radius 3 is 2.76 bits per heavy atom. The van der Waals surface area contributed by atoms with Gasteiger partial charge >= 0.3 is 0 Å². The smallest absolute Gasteiger partial charge is 0.254 e. The van der Waals surface area contributed by atoms with Crippen LogP contribution in [0.4, 0.5) is 0 Å². The van der Waals surface area contributed by atoms with Gasteiger partial charge in [-0.15, -0.1) is 0 Å². The lowest BCUT2D eigenvalue weighted by molar-refractivity contribution is 0.0676. The molecule has 0 spiro atoms. The SMILES string of the molecule is Cc1cc(C(=O)N(CC2CCCCN2)C(C)C)ccc1O. The monoisotopic (exact) mass is 290 g/mol. The van der Waals surface area contributed by atoms with Crippen molar-refractivity contribution < 1.29 is 9.90 Å². The second kappa shape index (κ2) is 6.94. The highest BCUT2D eigenvalue weighted by Crippen LogP contribution is 2.19. The molecule has 1 heterocycles. The quantitative estimate of drug-likeness (QED) is 0.896. The molecule has 0 bridgehead atoms. The van der Waals surface area contributed by atoms with Crippen LogP contribution in [-0.2, 0) is 0 Å². The molecule has 4 nitrogen and oxygen atoms in total. The van der Waals surface area contributed by atoms with Crippen molar-refractivity contribution in [3.63, 3.8) is 0 Å². The first-order valence-corrected chi connectivity index (χ1v) is 7.83. The fraction of sp³-hybridized carbons (Fsp3) is 0.588. The van der Waals surface area contributed by atoms with Crippen LogP contribution in [0, 0.1) is 6.92 Å². The first kappa shape index (κ1) is 15.8. The second-order valence-corrected chi connectivity index (χ2v) is 6.20. The maximum absolute atomic E-state index is 12.7. The van der Waals surface area contributed by atoms with Crippen LogP contribution in [0.2, 0.25) is 0 Å². The van der Waals surface area contributed by atoms with Crippen molar-refractivity contribution in [3.05, 3.63) is 29.3 Å². The zero-order valence-electron chi connectivity index (χ0n) is 13.2. The second-order valence-electron chi connectivity index (χ2n) is 6.20. The van der Waals surface area contributed by atoms with Crippen LogP contribution < -0.4 is 5.32 Å². The predicted molar refractivity (Wildman–Crippen MR) is 84.7 cm³/mol. The van der Waals surface area contributed by atoms with Gasteiger partial charge in [0.15, 0.2) is 0 Å². The number of piperidine rings is 1. The highest BCUT2D eigenvalue weighted by atomic mass is 16.3. The number of phenols is 1. The van der Waals surface area contributed by atoms with E-state index >= 15 is 0 Å². The van der Waals surface area contributed by atoms with Crippen LogP contribution in [0.3, 0.4) is 0 Å². The molecule has 0 aliphatic carbocycles. The zero-order chi connectivity index (χ0) is 15.4. The fourth-order valence-corrected chi connectivity index (χ4v) is 2.80. The minimum atomic E-state index is 0.0421. The number of hydrogen-bond donors (Lipinski definition) is 2. The van der Waals surface area contributed by atoms with Crippen LogP contribution in [0.15, 0.2) is 18.2 Å². The number of carbonyl (C=O) groups excluding carboxylic acids is 1. The Morgan fingerprint density at radius 1 is 1.43 bits per heavy atom. The zero-order valence-corrected chi connectivity index (χ0v) is 13.2. The minimum absolute atomic E-state index is 0.0421. The number of aromatic hydroxyl groups is 1. The number of benzene rings is 1. The summed E-state index contributed by atoms with van der Waals surface area (Å²) in [5.41, 5.74) is 1.38. The molecule has 1 fully saturated rings. The van der Waals surface area contributed by atoms with E-state index in [9.17, 15) is 9.90 Å². The number of hydrogen-bond acceptors (Lipinski definition) is 3. The lowest BCUT2D eigenvalue weighted by Crippen LogP contribution is -2.48. The summed E-state index contributed by atoms with van der Waals surface area (Å²) in [6, 6.07) is 5.62. The van der Waals surface area contributed by atoms with Crippen LogP contribution in [-0.4, -0.2) is 41.1 Å². The molecule has 2 N–H and O–H groups in total. The first-order chi connectivity index (χ1) is 9.99. The van der Waals surface area contributed by atoms with Gasteiger partial charge in [0, 0.05) is 24.2 Å². The molecule has 2 rings (SSSR count). The molecule has 1 aromatic rings. The summed E-state index contributed by atoms with van der Waals surface area (Å²) in [6.07, 6.45) is 3.59. The van der Waals surface area contributed by atoms with E-state index in [1.807, 2.05) is 25.7 Å². The van der Waals surface area contributed by atoms with Crippen molar-refractivity contribution in [2.45, 2.75) is 52.1 Å². The van der Waals surface area contributed by atoms with Crippen LogP contribution in [0.5, 0.6) is 5.75 Å². The van der Waals surface area contributed by atoms with Gasteiger partial charge < -0.3 is 15.3 Å². The number of phenolic OH excluding ortho intramolecular Hbond substituents is 1. The molecule has 0 aromatic heterocycles. The van der Waals surface area contributed by atoms with Gasteiger partial charge in [0.1, 0.15) is 5.75 Å². The molecular formula is C17H26N2O2. The van der Waals surface area contributed by atoms with Gasteiger partial charge in [-0.3, -0.25) is 4.79 Å². The Bertz CT molecular complexity index is 494. The summed E-state index contributed by atoms with van der Waals surface area (Å²) in [5, 5.41) is 13.1. The van der Waals surface area contributed by atoms with Crippen molar-refractivity contribution in [2.24, 2.45) is 0 Å². The van der Waals surface area contributed by atoms with Gasteiger partial charge in [0.05, 0.1) is 0 Å². The molecule has 1 saturated heterocycles. The summed E-state index contributed by atoms with van der Waals surface area (Å²) in [6.45, 7) is 7.70. The lowest BCUT2D eigenvalue weighted by atomic mass is 10.0. The Morgan fingerprint density at radius 2 is 2.19 bits per heavy atom. The van der Waals surface area contributed by atoms with E-state index < -0.39 is 0 Å². The van der Waals surface area contributed by atoms with Gasteiger partial charge in [0.2, 0.25) is 0 Å². The third-order valence-electron chi connectivity index (χ3n) is 4.16. The van der Waals surface area contributed by atoms with E-state index in [-0.39, 0.29) is 17.7 Å². The highest BCUT2D eigenvalue weighted by Gasteiger charge is 2.23. The number of nitrogens with zero attached hydrogens (tertiary/aromatic N) is 1. The molecule has 21 heavy (non-hydrogen) atoms. The van der Waals surface area contributed by atoms with E-state index in [0.717, 1.165) is 25.1 Å². The molecule has 1 aliphatic heterocycles. The number of nitrogens with one attached hydrogen (secondary N) is 1. The van der Waals surface area contributed by atoms with E-state index in [4.69, 9.17) is 0 Å². The molecule has 1 atom stereocenters. The summed E-state index contributed by atoms with van der Waals surface area (Å²) < 4.78 is 0. The van der Waals surface area contributed by atoms with E-state index in [1.165, 1.54) is 12.8 Å². The highest BCUT2D eigenvalue weighted by molar-refractivity contribution is 5.94. The van der Waals surface area contributed by atoms with Crippen molar-refractivity contribution in [2.75, 3.05) is 13.1 Å². The van der Waals surface area contributed by atoms with Crippen LogP contribution in [0.1, 0.15) is 49.0 Å². The minimum Gasteiger partial charge on any atom is -0.508 e. The Labute approximate surface area is 127 Å². The van der Waals surface area contributed by atoms with E-state index in [1.54, 1.807) is 18.2 Å². The Kier molecular flexibility index (Phi) is 5.23. The van der Waals surface area contributed by atoms with Crippen molar-refractivity contribution in [1.29, 1.82) is 0 Å². The summed E-state index contributed by atoms with van der Waals surface area (Å²) in [5.74, 6) is 0.275. The standard InChI is InChI=1S/C17H26N2O2/c1-12(2)19(11-15-6-4-5-9-18-15)17(21)14-7-8-16(20)13(3)10-14/h7-8,10,12,15,18,20H,4-6,9,11H2,1-3H3. The van der Waals surface area contributed by atoms with Gasteiger partial charge in [0.25, 0.3) is 5.91 Å². The average Bonchev–Trinajstić information content (AvgIpc) is 2.47. The molecule has 1 amide bonds. The fourth-order valence-electron chi connectivity index (χ4n) is 2.80. The van der Waals surface area contributed by atoms with Crippen molar-refractivity contribution in [3.8, 4) is 5.75 Å². The van der Waals surface area contributed by atoms with Gasteiger partial charge in [-0.1, -0.05) is 6.42 Å². The first-order valence-electron chi connectivity index (χ1n) is 7.83. The number of aryl methyl sites for hydroxylation is 1. The molecule has 4 heteroatoms. The van der Waals surface area contributed by atoms with Gasteiger partial charge in [-0.05, 0) is 63.9 Å². The van der Waals surface area contributed by atoms with Gasteiger partial charge in [-0.25, -0.2) is 0 Å². The molecule has 0 radical (unpaired) electrons. The molecule has 1 aliphatic rings. The molecule has 0 saturated carbocycles. The molecule has 1 aromatic carbocycles. The maximum Gasteiger partial charge on any atom is 0.254 e. The Hall–Kier alpha value is -1.55. The summed E-state index contributed by atoms with van der Waals surface area (Å²) in [7, 11) is 0. The molecular weight excluding hydrogens is 264 g/mol. The third-order valence-corrected chi connectivity index (χ3v) is 4.16. The maximum atomic E-state index is 12.7. The summed E-state index contributed by atoms with van der Waals surface area (Å²) >= 11 is 0. The van der Waals surface area contributed by atoms with E-state index in [2.05, 4.69) is 5.32 Å². The average molecular weight is 290 g/mol. The summed E-state index contributed by atoms with van der Waals surface area (Å²) in [4.78, 5) is 14.7. The van der Waals surface area contributed by atoms with Crippen LogP contribution >= 0.6 is 0 Å². The largest absolute Gasteiger partial charge is 0.508 e. The Balaban J connectivity index is 2.12. The topological polar surface area (TPSA) is 52.6 Å². The van der Waals surface area contributed by atoms with E-state index in [0.29, 0.717) is 11.6 Å².